The third kappa shape index (κ3) is 7.72. The maximum Gasteiger partial charge on any atom is 0.336 e. The minimum absolute atomic E-state index is 0.171. The first-order chi connectivity index (χ1) is 22.3. The van der Waals surface area contributed by atoms with E-state index in [2.05, 4.69) is 5.32 Å². The van der Waals surface area contributed by atoms with Gasteiger partial charge in [-0.2, -0.15) is 0 Å². The van der Waals surface area contributed by atoms with Crippen molar-refractivity contribution in [2.75, 3.05) is 13.6 Å². The number of phenolic OH excluding ortho intramolecular Hbond substituents is 4. The number of likely N-dealkylation sites (N-methyl/N-ethyl adjacent to an activating group) is 1. The zero-order valence-electron chi connectivity index (χ0n) is 25.2. The van der Waals surface area contributed by atoms with Crippen molar-refractivity contribution in [3.63, 3.8) is 0 Å². The predicted molar refractivity (Wildman–Crippen MR) is 167 cm³/mol. The fraction of sp³-hybridized carbons (Fsp3) is 0.265. The van der Waals surface area contributed by atoms with E-state index in [4.69, 9.17) is 9.47 Å². The molecule has 3 aromatic carbocycles. The van der Waals surface area contributed by atoms with E-state index in [0.717, 1.165) is 12.2 Å². The van der Waals surface area contributed by atoms with Gasteiger partial charge in [-0.3, -0.25) is 0 Å². The number of aliphatic hydroxyl groups is 2. The molecule has 47 heavy (non-hydrogen) atoms. The van der Waals surface area contributed by atoms with E-state index in [1.807, 2.05) is 0 Å². The number of nitrogens with one attached hydrogen (secondary N) is 1. The van der Waals surface area contributed by atoms with Crippen LogP contribution in [0.2, 0.25) is 0 Å². The van der Waals surface area contributed by atoms with E-state index in [9.17, 15) is 50.1 Å². The first-order valence-corrected chi connectivity index (χ1v) is 14.4. The van der Waals surface area contributed by atoms with Gasteiger partial charge in [0.2, 0.25) is 0 Å². The molecule has 0 spiro atoms. The highest BCUT2D eigenvalue weighted by Gasteiger charge is 2.66. The van der Waals surface area contributed by atoms with Crippen LogP contribution in [0, 0.1) is 5.92 Å². The van der Waals surface area contributed by atoms with Crippen LogP contribution in [0.4, 0.5) is 0 Å². The van der Waals surface area contributed by atoms with Crippen LogP contribution in [0.25, 0.3) is 12.2 Å². The average molecular weight is 650 g/mol. The summed E-state index contributed by atoms with van der Waals surface area (Å²) in [5, 5.41) is 74.8. The Morgan fingerprint density at radius 3 is 1.91 bits per heavy atom. The predicted octanol–water partition coefficient (Wildman–Crippen LogP) is 2.09. The number of carboxylic acids is 1. The molecule has 248 valence electrons. The van der Waals surface area contributed by atoms with Crippen LogP contribution >= 0.6 is 0 Å². The van der Waals surface area contributed by atoms with E-state index in [0.29, 0.717) is 16.7 Å². The Bertz CT molecular complexity index is 1670. The van der Waals surface area contributed by atoms with E-state index in [1.54, 1.807) is 30.3 Å². The van der Waals surface area contributed by atoms with Gasteiger partial charge in [0.25, 0.3) is 0 Å². The molecule has 0 amide bonds. The Balaban J connectivity index is 1.77. The first-order valence-electron chi connectivity index (χ1n) is 14.4. The molecule has 0 radical (unpaired) electrons. The zero-order valence-corrected chi connectivity index (χ0v) is 25.2. The smallest absolute Gasteiger partial charge is 0.336 e. The number of carbonyl (C=O) groups is 3. The summed E-state index contributed by atoms with van der Waals surface area (Å²) >= 11 is 0. The van der Waals surface area contributed by atoms with Crippen LogP contribution in [-0.2, 0) is 30.3 Å². The Labute approximate surface area is 269 Å². The lowest BCUT2D eigenvalue weighted by molar-refractivity contribution is -0.256. The molecule has 3 aromatic rings. The summed E-state index contributed by atoms with van der Waals surface area (Å²) in [6.07, 6.45) is -0.148. The largest absolute Gasteiger partial charge is 0.504 e. The van der Waals surface area contributed by atoms with E-state index >= 15 is 0 Å². The van der Waals surface area contributed by atoms with Gasteiger partial charge < -0.3 is 50.5 Å². The van der Waals surface area contributed by atoms with Crippen molar-refractivity contribution in [2.24, 2.45) is 5.92 Å². The van der Waals surface area contributed by atoms with Gasteiger partial charge in [0.15, 0.2) is 40.3 Å². The van der Waals surface area contributed by atoms with Crippen LogP contribution in [-0.4, -0.2) is 90.7 Å². The van der Waals surface area contributed by atoms with Gasteiger partial charge in [-0.25, -0.2) is 14.4 Å². The van der Waals surface area contributed by atoms with Crippen molar-refractivity contribution in [3.05, 3.63) is 95.6 Å². The van der Waals surface area contributed by atoms with Crippen molar-refractivity contribution in [1.82, 2.24) is 5.32 Å². The summed E-state index contributed by atoms with van der Waals surface area (Å²) in [6, 6.07) is 16.0. The third-order valence-corrected chi connectivity index (χ3v) is 8.01. The van der Waals surface area contributed by atoms with Crippen LogP contribution in [0.5, 0.6) is 23.0 Å². The van der Waals surface area contributed by atoms with Gasteiger partial charge >= 0.3 is 17.9 Å². The average Bonchev–Trinajstić information content (AvgIpc) is 3.03. The molecule has 8 N–H and O–H groups in total. The molecule has 0 aromatic heterocycles. The molecule has 1 fully saturated rings. The number of esters is 2. The monoisotopic (exact) mass is 649 g/mol. The summed E-state index contributed by atoms with van der Waals surface area (Å²) in [6.45, 7) is -0.345. The Hall–Kier alpha value is -5.37. The minimum Gasteiger partial charge on any atom is -0.504 e. The van der Waals surface area contributed by atoms with E-state index in [1.165, 1.54) is 55.6 Å². The summed E-state index contributed by atoms with van der Waals surface area (Å²) in [4.78, 5) is 39.2. The standard InChI is InChI=1S/C34H35NO12/c1-35-19-34(47-30(42)14-10-22-8-12-25(37)27(39)17-22)28(40)18-33(45,32(43)44)23(15-20-5-3-2-4-6-20)31(34)46-29(41)13-9-21-7-11-24(36)26(38)16-21/h2-14,16-17,23,28,31,35-40,45H,15,18-19H2,1H3,(H,43,44). The molecule has 5 atom stereocenters. The first kappa shape index (κ1) is 34.5. The van der Waals surface area contributed by atoms with Crippen LogP contribution in [0.1, 0.15) is 23.1 Å². The zero-order chi connectivity index (χ0) is 34.4. The highest BCUT2D eigenvalue weighted by Crippen LogP contribution is 2.45. The molecule has 13 heteroatoms. The quantitative estimate of drug-likeness (QED) is 0.0848. The summed E-state index contributed by atoms with van der Waals surface area (Å²) in [5.74, 6) is -6.89. The Kier molecular flexibility index (Phi) is 10.6. The molecule has 0 bridgehead atoms. The number of hydrogen-bond acceptors (Lipinski definition) is 12. The van der Waals surface area contributed by atoms with Gasteiger partial charge in [-0.15, -0.1) is 0 Å². The van der Waals surface area contributed by atoms with Crippen LogP contribution in [0.3, 0.4) is 0 Å². The molecule has 0 aliphatic heterocycles. The summed E-state index contributed by atoms with van der Waals surface area (Å²) in [5.41, 5.74) is -3.62. The number of rotatable bonds is 11. The second-order valence-electron chi connectivity index (χ2n) is 11.2. The molecule has 4 rings (SSSR count). The number of phenols is 4. The normalized spacial score (nSPS) is 24.3. The number of ether oxygens (including phenoxy) is 2. The lowest BCUT2D eigenvalue weighted by Crippen LogP contribution is -2.73. The minimum atomic E-state index is -2.64. The molecule has 1 aliphatic rings. The lowest BCUT2D eigenvalue weighted by Gasteiger charge is -2.53. The molecule has 1 aliphatic carbocycles. The van der Waals surface area contributed by atoms with Crippen molar-refractivity contribution in [2.45, 2.75) is 36.3 Å². The SMILES string of the molecule is CNCC1(OC(=O)C=Cc2ccc(O)c(O)c2)C(O)CC(O)(C(=O)O)C(Cc2ccccc2)C1OC(=O)C=Cc1ccc(O)c(O)c1. The topological polar surface area (TPSA) is 223 Å². The maximum atomic E-state index is 13.3. The number of carboxylic acid groups (broad SMARTS) is 1. The highest BCUT2D eigenvalue weighted by atomic mass is 16.6. The van der Waals surface area contributed by atoms with Gasteiger partial charge in [0.1, 0.15) is 6.10 Å². The second-order valence-corrected chi connectivity index (χ2v) is 11.2. The van der Waals surface area contributed by atoms with E-state index in [-0.39, 0.29) is 24.5 Å². The lowest BCUT2D eigenvalue weighted by atomic mass is 9.63. The molecule has 13 nitrogen and oxygen atoms in total. The van der Waals surface area contributed by atoms with Crippen molar-refractivity contribution >= 4 is 30.1 Å². The fourth-order valence-corrected chi connectivity index (χ4v) is 5.63. The van der Waals surface area contributed by atoms with Crippen molar-refractivity contribution in [1.29, 1.82) is 0 Å². The van der Waals surface area contributed by atoms with Crippen LogP contribution < -0.4 is 5.32 Å². The van der Waals surface area contributed by atoms with Gasteiger partial charge in [-0.05, 0) is 66.6 Å². The van der Waals surface area contributed by atoms with Gasteiger partial charge in [-0.1, -0.05) is 42.5 Å². The summed E-state index contributed by atoms with van der Waals surface area (Å²) in [7, 11) is 1.47. The number of aliphatic carboxylic acids is 1. The number of benzene rings is 3. The molecule has 1 saturated carbocycles. The summed E-state index contributed by atoms with van der Waals surface area (Å²) < 4.78 is 11.6. The van der Waals surface area contributed by atoms with Crippen LogP contribution in [0.15, 0.2) is 78.9 Å². The molecular weight excluding hydrogens is 614 g/mol. The maximum absolute atomic E-state index is 13.3. The number of hydrogen-bond donors (Lipinski definition) is 8. The molecule has 5 unspecified atom stereocenters. The van der Waals surface area contributed by atoms with Gasteiger partial charge in [0, 0.05) is 31.0 Å². The number of aromatic hydroxyl groups is 4. The molecule has 0 heterocycles. The number of aliphatic hydroxyl groups excluding tert-OH is 1. The fourth-order valence-electron chi connectivity index (χ4n) is 5.63. The van der Waals surface area contributed by atoms with Crippen molar-refractivity contribution in [3.8, 4) is 23.0 Å². The molecule has 0 saturated heterocycles. The van der Waals surface area contributed by atoms with E-state index < -0.39 is 65.2 Å². The number of carbonyl (C=O) groups excluding carboxylic acids is 2. The van der Waals surface area contributed by atoms with Crippen molar-refractivity contribution < 1.29 is 59.6 Å². The molecular formula is C34H35NO12. The second kappa shape index (κ2) is 14.4. The van der Waals surface area contributed by atoms with Gasteiger partial charge in [0.05, 0.1) is 0 Å². The Morgan fingerprint density at radius 2 is 1.40 bits per heavy atom. The third-order valence-electron chi connectivity index (χ3n) is 8.01. The Morgan fingerprint density at radius 1 is 0.851 bits per heavy atom. The highest BCUT2D eigenvalue weighted by molar-refractivity contribution is 5.89.